The summed E-state index contributed by atoms with van der Waals surface area (Å²) in [5.41, 5.74) is 2.78. The van der Waals surface area contributed by atoms with E-state index in [2.05, 4.69) is 22.5 Å². The Bertz CT molecular complexity index is 719. The summed E-state index contributed by atoms with van der Waals surface area (Å²) in [6, 6.07) is 7.93. The Morgan fingerprint density at radius 1 is 1.40 bits per heavy atom. The van der Waals surface area contributed by atoms with Gasteiger partial charge in [-0.25, -0.2) is 0 Å². The highest BCUT2D eigenvalue weighted by Crippen LogP contribution is 2.31. The second-order valence-corrected chi connectivity index (χ2v) is 6.29. The number of rotatable bonds is 2. The third-order valence-electron chi connectivity index (χ3n) is 4.61. The molecule has 4 heteroatoms. The number of hydrogen-bond acceptors (Lipinski definition) is 2. The summed E-state index contributed by atoms with van der Waals surface area (Å²) in [6.45, 7) is 3.32. The second kappa shape index (κ2) is 5.41. The van der Waals surface area contributed by atoms with Crippen molar-refractivity contribution in [2.75, 3.05) is 0 Å². The van der Waals surface area contributed by atoms with Crippen molar-refractivity contribution in [1.29, 1.82) is 5.26 Å². The lowest BCUT2D eigenvalue weighted by molar-refractivity contribution is 0.230. The number of aromatic nitrogens is 2. The maximum Gasteiger partial charge on any atom is 0.178 e. The highest BCUT2D eigenvalue weighted by atomic mass is 32.1. The van der Waals surface area contributed by atoms with Crippen LogP contribution in [0.2, 0.25) is 0 Å². The number of benzene rings is 1. The first kappa shape index (κ1) is 13.4. The highest BCUT2D eigenvalue weighted by Gasteiger charge is 2.22. The first-order valence-corrected chi connectivity index (χ1v) is 7.72. The van der Waals surface area contributed by atoms with E-state index in [1.807, 2.05) is 18.2 Å². The number of nitrogens with zero attached hydrogens (tertiary/aromatic N) is 2. The minimum Gasteiger partial charge on any atom is -0.331 e. The fourth-order valence-electron chi connectivity index (χ4n) is 3.30. The molecule has 0 spiro atoms. The number of imidazole rings is 1. The molecule has 3 rings (SSSR count). The number of fused-ring (bicyclic) bond motifs is 1. The number of nitriles is 1. The van der Waals surface area contributed by atoms with Gasteiger partial charge in [-0.1, -0.05) is 26.2 Å². The topological polar surface area (TPSA) is 44.5 Å². The van der Waals surface area contributed by atoms with E-state index in [1.54, 1.807) is 0 Å². The van der Waals surface area contributed by atoms with Gasteiger partial charge in [-0.3, -0.25) is 0 Å². The van der Waals surface area contributed by atoms with Crippen LogP contribution in [0.5, 0.6) is 0 Å². The molecule has 3 nitrogen and oxygen atoms in total. The van der Waals surface area contributed by atoms with Crippen molar-refractivity contribution in [3.05, 3.63) is 28.5 Å². The molecule has 1 aliphatic rings. The van der Waals surface area contributed by atoms with Crippen LogP contribution in [0.4, 0.5) is 0 Å². The van der Waals surface area contributed by atoms with Crippen molar-refractivity contribution >= 4 is 23.3 Å². The highest BCUT2D eigenvalue weighted by molar-refractivity contribution is 7.71. The predicted molar refractivity (Wildman–Crippen MR) is 83.0 cm³/mol. The van der Waals surface area contributed by atoms with Gasteiger partial charge in [0.2, 0.25) is 0 Å². The zero-order valence-electron chi connectivity index (χ0n) is 11.7. The normalized spacial score (nSPS) is 22.8. The maximum atomic E-state index is 9.06. The second-order valence-electron chi connectivity index (χ2n) is 5.91. The van der Waals surface area contributed by atoms with Crippen LogP contribution in [-0.4, -0.2) is 9.55 Å². The Labute approximate surface area is 124 Å². The largest absolute Gasteiger partial charge is 0.331 e. The van der Waals surface area contributed by atoms with Crippen molar-refractivity contribution in [3.63, 3.8) is 0 Å². The Morgan fingerprint density at radius 2 is 2.20 bits per heavy atom. The van der Waals surface area contributed by atoms with E-state index in [4.69, 9.17) is 17.5 Å². The van der Waals surface area contributed by atoms with Crippen molar-refractivity contribution in [2.45, 2.75) is 39.2 Å². The van der Waals surface area contributed by atoms with Gasteiger partial charge in [0.1, 0.15) is 0 Å². The van der Waals surface area contributed by atoms with Gasteiger partial charge in [0.05, 0.1) is 22.7 Å². The molecule has 104 valence electrons. The van der Waals surface area contributed by atoms with Crippen LogP contribution in [0.1, 0.15) is 38.2 Å². The Hall–Kier alpha value is -1.60. The van der Waals surface area contributed by atoms with Gasteiger partial charge in [-0.15, -0.1) is 0 Å². The van der Waals surface area contributed by atoms with Crippen LogP contribution < -0.4 is 0 Å². The Kier molecular flexibility index (Phi) is 3.62. The lowest BCUT2D eigenvalue weighted by atomic mass is 9.80. The Morgan fingerprint density at radius 3 is 2.95 bits per heavy atom. The van der Waals surface area contributed by atoms with Crippen LogP contribution in [-0.2, 0) is 6.54 Å². The van der Waals surface area contributed by atoms with Gasteiger partial charge in [0.25, 0.3) is 0 Å². The van der Waals surface area contributed by atoms with Gasteiger partial charge < -0.3 is 9.55 Å². The van der Waals surface area contributed by atoms with Crippen LogP contribution in [0, 0.1) is 27.9 Å². The fraction of sp³-hybridized carbons (Fsp3) is 0.500. The summed E-state index contributed by atoms with van der Waals surface area (Å²) in [4.78, 5) is 3.25. The minimum absolute atomic E-state index is 0.692. The summed E-state index contributed by atoms with van der Waals surface area (Å²) in [7, 11) is 0. The zero-order chi connectivity index (χ0) is 14.1. The molecule has 20 heavy (non-hydrogen) atoms. The van der Waals surface area contributed by atoms with E-state index in [-0.39, 0.29) is 0 Å². The standard InChI is InChI=1S/C16H19N3S/c1-11-4-2-3-5-13(11)10-19-15-8-12(9-17)6-7-14(15)18-16(19)20/h6-8,11,13H,2-5,10H2,1H3,(H,18,20). The molecule has 0 radical (unpaired) electrons. The lowest BCUT2D eigenvalue weighted by Crippen LogP contribution is -2.22. The predicted octanol–water partition coefficient (Wildman–Crippen LogP) is 4.40. The molecule has 2 aromatic rings. The first-order valence-electron chi connectivity index (χ1n) is 7.31. The van der Waals surface area contributed by atoms with Crippen molar-refractivity contribution < 1.29 is 0 Å². The molecule has 1 aromatic carbocycles. The van der Waals surface area contributed by atoms with Crippen LogP contribution in [0.3, 0.4) is 0 Å². The minimum atomic E-state index is 0.692. The van der Waals surface area contributed by atoms with Crippen molar-refractivity contribution in [2.24, 2.45) is 11.8 Å². The number of aromatic amines is 1. The van der Waals surface area contributed by atoms with Crippen LogP contribution >= 0.6 is 12.2 Å². The molecule has 1 heterocycles. The van der Waals surface area contributed by atoms with E-state index in [1.165, 1.54) is 25.7 Å². The molecule has 2 unspecified atom stereocenters. The van der Waals surface area contributed by atoms with E-state index >= 15 is 0 Å². The molecule has 0 aliphatic heterocycles. The smallest absolute Gasteiger partial charge is 0.178 e. The number of nitrogens with one attached hydrogen (secondary N) is 1. The summed E-state index contributed by atoms with van der Waals surface area (Å²) in [6.07, 6.45) is 5.29. The van der Waals surface area contributed by atoms with E-state index in [0.717, 1.165) is 28.3 Å². The molecule has 2 atom stereocenters. The Balaban J connectivity index is 2.00. The molecular weight excluding hydrogens is 266 g/mol. The third-order valence-corrected chi connectivity index (χ3v) is 4.93. The van der Waals surface area contributed by atoms with Crippen molar-refractivity contribution in [3.8, 4) is 6.07 Å². The summed E-state index contributed by atoms with van der Waals surface area (Å²) in [5, 5.41) is 9.06. The van der Waals surface area contributed by atoms with E-state index in [9.17, 15) is 0 Å². The van der Waals surface area contributed by atoms with Gasteiger partial charge >= 0.3 is 0 Å². The molecule has 1 fully saturated rings. The van der Waals surface area contributed by atoms with Crippen LogP contribution in [0.25, 0.3) is 11.0 Å². The average molecular weight is 285 g/mol. The molecular formula is C16H19N3S. The first-order chi connectivity index (χ1) is 9.69. The quantitative estimate of drug-likeness (QED) is 0.831. The molecule has 0 saturated heterocycles. The zero-order valence-corrected chi connectivity index (χ0v) is 12.5. The van der Waals surface area contributed by atoms with Gasteiger partial charge in [-0.05, 0) is 48.7 Å². The molecule has 0 bridgehead atoms. The van der Waals surface area contributed by atoms with Crippen molar-refractivity contribution in [1.82, 2.24) is 9.55 Å². The SMILES string of the molecule is CC1CCCCC1Cn1c(=S)[nH]c2ccc(C#N)cc21. The molecule has 0 amide bonds. The monoisotopic (exact) mass is 285 g/mol. The lowest BCUT2D eigenvalue weighted by Gasteiger charge is -2.29. The van der Waals surface area contributed by atoms with E-state index < -0.39 is 0 Å². The maximum absolute atomic E-state index is 9.06. The van der Waals surface area contributed by atoms with Gasteiger partial charge in [0, 0.05) is 6.54 Å². The fourth-order valence-corrected chi connectivity index (χ4v) is 3.59. The molecule has 1 saturated carbocycles. The summed E-state index contributed by atoms with van der Waals surface area (Å²) in [5.74, 6) is 1.45. The van der Waals surface area contributed by atoms with Crippen LogP contribution in [0.15, 0.2) is 18.2 Å². The average Bonchev–Trinajstić information content (AvgIpc) is 2.77. The third kappa shape index (κ3) is 2.38. The summed E-state index contributed by atoms with van der Waals surface area (Å²) < 4.78 is 2.95. The molecule has 1 aromatic heterocycles. The summed E-state index contributed by atoms with van der Waals surface area (Å²) >= 11 is 5.46. The molecule has 1 aliphatic carbocycles. The number of H-pyrrole nitrogens is 1. The van der Waals surface area contributed by atoms with Gasteiger partial charge in [-0.2, -0.15) is 5.26 Å². The molecule has 1 N–H and O–H groups in total. The van der Waals surface area contributed by atoms with Gasteiger partial charge in [0.15, 0.2) is 4.77 Å². The number of hydrogen-bond donors (Lipinski definition) is 1. The van der Waals surface area contributed by atoms with E-state index in [0.29, 0.717) is 11.5 Å².